The van der Waals surface area contributed by atoms with Crippen molar-refractivity contribution in [3.63, 3.8) is 0 Å². The maximum absolute atomic E-state index is 9.06. The largest absolute Gasteiger partial charge is 0.382 e. The van der Waals surface area contributed by atoms with E-state index in [1.165, 1.54) is 0 Å². The molecule has 0 aliphatic carbocycles. The van der Waals surface area contributed by atoms with Crippen LogP contribution in [0.15, 0.2) is 51.0 Å². The molecule has 2 aliphatic heterocycles. The number of fused-ring (bicyclic) bond motifs is 2. The third-order valence-corrected chi connectivity index (χ3v) is 6.91. The molecule has 0 amide bonds. The Labute approximate surface area is 205 Å². The first kappa shape index (κ1) is 16.7. The lowest BCUT2D eigenvalue weighted by Crippen LogP contribution is -2.61. The van der Waals surface area contributed by atoms with E-state index in [0.29, 0.717) is 60.3 Å². The zero-order valence-electron chi connectivity index (χ0n) is 25.5. The molecular weight excluding hydrogens is 418 g/mol. The summed E-state index contributed by atoms with van der Waals surface area (Å²) >= 11 is 1.12. The number of benzene rings is 2. The number of amidine groups is 1. The molecule has 172 valence electrons. The smallest absolute Gasteiger partial charge is 0.138 e. The first-order chi connectivity index (χ1) is 17.9. The Bertz CT molecular complexity index is 1290. The quantitative estimate of drug-likeness (QED) is 0.574. The lowest BCUT2D eigenvalue weighted by atomic mass is 9.96. The Hall–Kier alpha value is -1.86. The minimum atomic E-state index is -0.408. The summed E-state index contributed by atoms with van der Waals surface area (Å²) in [6.45, 7) is 12.4. The van der Waals surface area contributed by atoms with Crippen molar-refractivity contribution in [2.24, 2.45) is 4.99 Å². The molecule has 32 heavy (non-hydrogen) atoms. The van der Waals surface area contributed by atoms with Gasteiger partial charge in [0.15, 0.2) is 0 Å². The number of hydrogen-bond donors (Lipinski definition) is 0. The fraction of sp³-hybridized carbons (Fsp3) is 0.500. The second kappa shape index (κ2) is 9.96. The number of piperazine rings is 1. The number of hydrogen-bond acceptors (Lipinski definition) is 6. The molecule has 0 radical (unpaired) electrons. The summed E-state index contributed by atoms with van der Waals surface area (Å²) in [5.74, 6) is 0.485. The van der Waals surface area contributed by atoms with Gasteiger partial charge in [0.2, 0.25) is 0 Å². The van der Waals surface area contributed by atoms with Crippen LogP contribution in [0.25, 0.3) is 0 Å². The zero-order chi connectivity index (χ0) is 27.9. The van der Waals surface area contributed by atoms with Gasteiger partial charge < -0.3 is 14.4 Å². The molecule has 4 rings (SSSR count). The van der Waals surface area contributed by atoms with E-state index >= 15 is 0 Å². The third kappa shape index (κ3) is 5.04. The number of methoxy groups -OCH3 is 1. The number of rotatable bonds is 6. The normalized spacial score (nSPS) is 20.7. The van der Waals surface area contributed by atoms with Crippen molar-refractivity contribution in [1.29, 1.82) is 0 Å². The van der Waals surface area contributed by atoms with E-state index in [-0.39, 0.29) is 46.8 Å². The summed E-state index contributed by atoms with van der Waals surface area (Å²) < 4.78 is 62.3. The molecule has 0 aromatic heterocycles. The lowest BCUT2D eigenvalue weighted by molar-refractivity contribution is 0.0280. The number of ether oxygens (including phenoxy) is 2. The molecule has 2 aliphatic rings. The van der Waals surface area contributed by atoms with Gasteiger partial charge in [-0.15, -0.1) is 0 Å². The van der Waals surface area contributed by atoms with Crippen LogP contribution >= 0.6 is 11.8 Å². The maximum Gasteiger partial charge on any atom is 0.138 e. The van der Waals surface area contributed by atoms with Gasteiger partial charge in [0.25, 0.3) is 0 Å². The highest BCUT2D eigenvalue weighted by Crippen LogP contribution is 2.42. The van der Waals surface area contributed by atoms with Gasteiger partial charge in [0.05, 0.1) is 33.7 Å². The predicted octanol–water partition coefficient (Wildman–Crippen LogP) is 4.91. The fourth-order valence-electron chi connectivity index (χ4n) is 4.08. The van der Waals surface area contributed by atoms with Crippen molar-refractivity contribution >= 4 is 23.3 Å². The van der Waals surface area contributed by atoms with Gasteiger partial charge in [-0.1, -0.05) is 23.8 Å². The molecule has 0 unspecified atom stereocenters. The molecule has 0 N–H and O–H groups in total. The predicted molar refractivity (Wildman–Crippen MR) is 133 cm³/mol. The molecule has 2 aromatic rings. The molecule has 1 saturated heterocycles. The second-order valence-corrected chi connectivity index (χ2v) is 9.79. The van der Waals surface area contributed by atoms with E-state index in [9.17, 15) is 0 Å². The fourth-order valence-corrected chi connectivity index (χ4v) is 5.03. The van der Waals surface area contributed by atoms with E-state index in [4.69, 9.17) is 22.7 Å². The van der Waals surface area contributed by atoms with Crippen LogP contribution in [0.3, 0.4) is 0 Å². The van der Waals surface area contributed by atoms with Crippen LogP contribution in [0.2, 0.25) is 0 Å². The van der Waals surface area contributed by atoms with Gasteiger partial charge >= 0.3 is 0 Å². The third-order valence-electron chi connectivity index (χ3n) is 5.90. The van der Waals surface area contributed by atoms with Crippen LogP contribution in [0.4, 0.5) is 5.69 Å². The average Bonchev–Trinajstić information content (AvgIpc) is 3.05. The highest BCUT2D eigenvalue weighted by Gasteiger charge is 2.37. The molecule has 5 nitrogen and oxygen atoms in total. The summed E-state index contributed by atoms with van der Waals surface area (Å²) in [5, 5.41) is 0. The van der Waals surface area contributed by atoms with Gasteiger partial charge in [-0.25, -0.2) is 4.99 Å². The molecule has 1 fully saturated rings. The second-order valence-electron chi connectivity index (χ2n) is 8.76. The van der Waals surface area contributed by atoms with Crippen LogP contribution < -0.4 is 0 Å². The van der Waals surface area contributed by atoms with Gasteiger partial charge in [-0.2, -0.15) is 0 Å². The Morgan fingerprint density at radius 2 is 1.84 bits per heavy atom. The first-order valence-electron chi connectivity index (χ1n) is 13.9. The zero-order valence-corrected chi connectivity index (χ0v) is 20.3. The highest BCUT2D eigenvalue weighted by molar-refractivity contribution is 7.99. The van der Waals surface area contributed by atoms with E-state index in [1.54, 1.807) is 7.11 Å². The summed E-state index contributed by atoms with van der Waals surface area (Å²) in [7, 11) is 1.65. The van der Waals surface area contributed by atoms with Crippen molar-refractivity contribution in [2.75, 3.05) is 53.1 Å². The number of aliphatic imine (C=N–C) groups is 1. The standard InChI is InChI=1S/C26H35N3O2S/c1-19-16-21-24(17-20(19)2)32-23-9-7-6-8-22(23)27-25(21)29-11-10-28(18-26(29,3)4)12-13-31-15-14-30-5/h6-9,16-17H,10-15,18H2,1-5H3/i6D,7D,8D,9D,16D,17D. The topological polar surface area (TPSA) is 37.3 Å². The van der Waals surface area contributed by atoms with Crippen LogP contribution in [0, 0.1) is 13.8 Å². The first-order valence-corrected chi connectivity index (χ1v) is 11.8. The van der Waals surface area contributed by atoms with E-state index in [0.717, 1.165) is 24.9 Å². The molecule has 0 bridgehead atoms. The highest BCUT2D eigenvalue weighted by atomic mass is 32.2. The van der Waals surface area contributed by atoms with E-state index in [2.05, 4.69) is 23.6 Å². The maximum atomic E-state index is 9.06. The van der Waals surface area contributed by atoms with Crippen LogP contribution in [-0.4, -0.2) is 74.3 Å². The average molecular weight is 460 g/mol. The number of nitrogens with zero attached hydrogens (tertiary/aromatic N) is 3. The van der Waals surface area contributed by atoms with Crippen molar-refractivity contribution in [3.8, 4) is 0 Å². The molecule has 0 saturated carbocycles. The Morgan fingerprint density at radius 3 is 2.62 bits per heavy atom. The summed E-state index contributed by atoms with van der Waals surface area (Å²) in [4.78, 5) is 10.2. The summed E-state index contributed by atoms with van der Waals surface area (Å²) in [6, 6.07) is -0.530. The molecule has 6 heteroatoms. The van der Waals surface area contributed by atoms with Crippen LogP contribution in [-0.2, 0) is 9.47 Å². The SMILES string of the molecule is [2H]c1c([2H])c([2H])c2c(c1[2H])N=C(N1CCN(CCOCCOC)CC1(C)C)c1c([2H])c(C)c(C)c([2H])c1S2. The molecule has 2 heterocycles. The molecule has 0 atom stereocenters. The minimum Gasteiger partial charge on any atom is -0.382 e. The Kier molecular flexibility index (Phi) is 5.20. The monoisotopic (exact) mass is 459 g/mol. The molecule has 0 spiro atoms. The Balaban J connectivity index is 1.82. The molecule has 2 aromatic carbocycles. The Morgan fingerprint density at radius 1 is 1.06 bits per heavy atom. The van der Waals surface area contributed by atoms with Gasteiger partial charge in [0, 0.05) is 54.2 Å². The number of para-hydroxylation sites is 1. The van der Waals surface area contributed by atoms with E-state index < -0.39 is 5.54 Å². The minimum absolute atomic E-state index is 0.158. The molecular formula is C26H35N3O2S. The van der Waals surface area contributed by atoms with Crippen molar-refractivity contribution in [2.45, 2.75) is 43.0 Å². The van der Waals surface area contributed by atoms with Crippen LogP contribution in [0.5, 0.6) is 0 Å². The van der Waals surface area contributed by atoms with Crippen molar-refractivity contribution in [1.82, 2.24) is 9.80 Å². The van der Waals surface area contributed by atoms with Gasteiger partial charge in [-0.3, -0.25) is 4.90 Å². The summed E-state index contributed by atoms with van der Waals surface area (Å²) in [6.07, 6.45) is 0. The van der Waals surface area contributed by atoms with Crippen molar-refractivity contribution < 1.29 is 17.7 Å². The van der Waals surface area contributed by atoms with Gasteiger partial charge in [0.1, 0.15) is 5.84 Å². The lowest BCUT2D eigenvalue weighted by Gasteiger charge is -2.48. The van der Waals surface area contributed by atoms with Crippen LogP contribution in [0.1, 0.15) is 38.8 Å². The van der Waals surface area contributed by atoms with Crippen molar-refractivity contribution in [3.05, 3.63) is 52.9 Å². The van der Waals surface area contributed by atoms with Gasteiger partial charge in [-0.05, 0) is 63.0 Å². The summed E-state index contributed by atoms with van der Waals surface area (Å²) in [5.41, 5.74) is 1.64. The van der Waals surface area contributed by atoms with E-state index in [1.807, 2.05) is 13.8 Å².